The SMILES string of the molecule is Cc1cccc(OC(=O)c2ccccc2)c1-c1ccccn1. The Morgan fingerprint density at radius 1 is 0.909 bits per heavy atom. The Hall–Kier alpha value is -2.94. The summed E-state index contributed by atoms with van der Waals surface area (Å²) >= 11 is 0. The second kappa shape index (κ2) is 6.22. The van der Waals surface area contributed by atoms with Gasteiger partial charge in [-0.25, -0.2) is 4.79 Å². The van der Waals surface area contributed by atoms with Gasteiger partial charge in [0.15, 0.2) is 0 Å². The van der Waals surface area contributed by atoms with E-state index in [-0.39, 0.29) is 5.97 Å². The third-order valence-electron chi connectivity index (χ3n) is 3.37. The number of ether oxygens (including phenoxy) is 1. The molecular weight excluding hydrogens is 274 g/mol. The van der Waals surface area contributed by atoms with Crippen molar-refractivity contribution in [2.45, 2.75) is 6.92 Å². The number of carbonyl (C=O) groups is 1. The highest BCUT2D eigenvalue weighted by atomic mass is 16.5. The number of esters is 1. The van der Waals surface area contributed by atoms with Crippen molar-refractivity contribution in [3.8, 4) is 17.0 Å². The molecule has 0 amide bonds. The van der Waals surface area contributed by atoms with E-state index in [2.05, 4.69) is 4.98 Å². The molecule has 0 atom stereocenters. The van der Waals surface area contributed by atoms with Crippen LogP contribution < -0.4 is 4.74 Å². The molecule has 22 heavy (non-hydrogen) atoms. The molecule has 0 saturated carbocycles. The van der Waals surface area contributed by atoms with E-state index >= 15 is 0 Å². The molecule has 1 aromatic heterocycles. The fourth-order valence-corrected chi connectivity index (χ4v) is 2.30. The van der Waals surface area contributed by atoms with Crippen molar-refractivity contribution in [3.05, 3.63) is 84.1 Å². The maximum absolute atomic E-state index is 12.3. The van der Waals surface area contributed by atoms with E-state index in [1.807, 2.05) is 55.5 Å². The van der Waals surface area contributed by atoms with Crippen LogP contribution in [-0.2, 0) is 0 Å². The van der Waals surface area contributed by atoms with E-state index < -0.39 is 0 Å². The van der Waals surface area contributed by atoms with Crippen LogP contribution in [-0.4, -0.2) is 11.0 Å². The van der Waals surface area contributed by atoms with Gasteiger partial charge in [-0.15, -0.1) is 0 Å². The number of hydrogen-bond acceptors (Lipinski definition) is 3. The molecule has 3 aromatic rings. The van der Waals surface area contributed by atoms with Crippen LogP contribution in [0, 0.1) is 6.92 Å². The summed E-state index contributed by atoms with van der Waals surface area (Å²) in [5, 5.41) is 0. The number of benzene rings is 2. The highest BCUT2D eigenvalue weighted by Crippen LogP contribution is 2.32. The number of aromatic nitrogens is 1. The van der Waals surface area contributed by atoms with Crippen molar-refractivity contribution in [2.75, 3.05) is 0 Å². The number of carbonyl (C=O) groups excluding carboxylic acids is 1. The van der Waals surface area contributed by atoms with Crippen molar-refractivity contribution < 1.29 is 9.53 Å². The summed E-state index contributed by atoms with van der Waals surface area (Å²) in [5.74, 6) is 0.149. The average Bonchev–Trinajstić information content (AvgIpc) is 2.56. The Kier molecular flexibility index (Phi) is 3.97. The summed E-state index contributed by atoms with van der Waals surface area (Å²) in [5.41, 5.74) is 3.16. The van der Waals surface area contributed by atoms with Crippen LogP contribution in [0.2, 0.25) is 0 Å². The van der Waals surface area contributed by atoms with Crippen molar-refractivity contribution in [2.24, 2.45) is 0 Å². The normalized spacial score (nSPS) is 10.2. The average molecular weight is 289 g/mol. The molecule has 0 fully saturated rings. The fraction of sp³-hybridized carbons (Fsp3) is 0.0526. The van der Waals surface area contributed by atoms with Gasteiger partial charge in [-0.05, 0) is 42.8 Å². The molecule has 0 spiro atoms. The molecule has 3 heteroatoms. The molecular formula is C19H15NO2. The molecule has 0 aliphatic carbocycles. The summed E-state index contributed by atoms with van der Waals surface area (Å²) in [7, 11) is 0. The topological polar surface area (TPSA) is 39.2 Å². The third-order valence-corrected chi connectivity index (χ3v) is 3.37. The number of hydrogen-bond donors (Lipinski definition) is 0. The second-order valence-electron chi connectivity index (χ2n) is 4.92. The summed E-state index contributed by atoms with van der Waals surface area (Å²) < 4.78 is 5.59. The zero-order valence-electron chi connectivity index (χ0n) is 12.2. The van der Waals surface area contributed by atoms with Crippen LogP contribution in [0.3, 0.4) is 0 Å². The highest BCUT2D eigenvalue weighted by molar-refractivity contribution is 5.92. The van der Waals surface area contributed by atoms with Gasteiger partial charge in [0.2, 0.25) is 0 Å². The van der Waals surface area contributed by atoms with Crippen LogP contribution in [0.15, 0.2) is 72.9 Å². The molecule has 0 saturated heterocycles. The Morgan fingerprint density at radius 3 is 2.41 bits per heavy atom. The van der Waals surface area contributed by atoms with Crippen molar-refractivity contribution in [3.63, 3.8) is 0 Å². The molecule has 3 nitrogen and oxygen atoms in total. The summed E-state index contributed by atoms with van der Waals surface area (Å²) in [6, 6.07) is 20.3. The van der Waals surface area contributed by atoms with Gasteiger partial charge in [0.25, 0.3) is 0 Å². The Balaban J connectivity index is 1.98. The zero-order valence-corrected chi connectivity index (χ0v) is 12.2. The Bertz CT molecular complexity index is 783. The predicted molar refractivity (Wildman–Crippen MR) is 85.8 cm³/mol. The molecule has 0 aliphatic rings. The Labute approximate surface area is 129 Å². The van der Waals surface area contributed by atoms with Crippen LogP contribution >= 0.6 is 0 Å². The lowest BCUT2D eigenvalue weighted by Crippen LogP contribution is -2.09. The molecule has 0 N–H and O–H groups in total. The lowest BCUT2D eigenvalue weighted by atomic mass is 10.0. The summed E-state index contributed by atoms with van der Waals surface area (Å²) in [6.07, 6.45) is 1.73. The van der Waals surface area contributed by atoms with E-state index in [1.54, 1.807) is 24.4 Å². The summed E-state index contributed by atoms with van der Waals surface area (Å²) in [6.45, 7) is 1.98. The minimum absolute atomic E-state index is 0.372. The quantitative estimate of drug-likeness (QED) is 0.533. The number of pyridine rings is 1. The minimum atomic E-state index is -0.372. The van der Waals surface area contributed by atoms with E-state index in [0.717, 1.165) is 16.8 Å². The number of aryl methyl sites for hydroxylation is 1. The van der Waals surface area contributed by atoms with Crippen LogP contribution in [0.5, 0.6) is 5.75 Å². The van der Waals surface area contributed by atoms with Crippen LogP contribution in [0.25, 0.3) is 11.3 Å². The fourth-order valence-electron chi connectivity index (χ4n) is 2.30. The molecule has 3 rings (SSSR count). The monoisotopic (exact) mass is 289 g/mol. The maximum atomic E-state index is 12.3. The van der Waals surface area contributed by atoms with Gasteiger partial charge in [0.1, 0.15) is 5.75 Å². The predicted octanol–water partition coefficient (Wildman–Crippen LogP) is 4.28. The Morgan fingerprint density at radius 2 is 1.68 bits per heavy atom. The van der Waals surface area contributed by atoms with E-state index in [0.29, 0.717) is 11.3 Å². The van der Waals surface area contributed by atoms with Crippen LogP contribution in [0.1, 0.15) is 15.9 Å². The molecule has 0 radical (unpaired) electrons. The molecule has 0 unspecified atom stereocenters. The molecule has 2 aromatic carbocycles. The zero-order chi connectivity index (χ0) is 15.4. The van der Waals surface area contributed by atoms with E-state index in [9.17, 15) is 4.79 Å². The van der Waals surface area contributed by atoms with E-state index in [4.69, 9.17) is 4.74 Å². The lowest BCUT2D eigenvalue weighted by molar-refractivity contribution is 0.0735. The maximum Gasteiger partial charge on any atom is 0.343 e. The largest absolute Gasteiger partial charge is 0.422 e. The van der Waals surface area contributed by atoms with Crippen molar-refractivity contribution in [1.82, 2.24) is 4.98 Å². The van der Waals surface area contributed by atoms with Crippen molar-refractivity contribution in [1.29, 1.82) is 0 Å². The standard InChI is InChI=1S/C19H15NO2/c1-14-8-7-12-17(18(14)16-11-5-6-13-20-16)22-19(21)15-9-3-2-4-10-15/h2-13H,1H3. The van der Waals surface area contributed by atoms with Crippen LogP contribution in [0.4, 0.5) is 0 Å². The van der Waals surface area contributed by atoms with E-state index in [1.165, 1.54) is 0 Å². The molecule has 1 heterocycles. The highest BCUT2D eigenvalue weighted by Gasteiger charge is 2.14. The first-order valence-electron chi connectivity index (χ1n) is 7.04. The first kappa shape index (κ1) is 14.0. The summed E-state index contributed by atoms with van der Waals surface area (Å²) in [4.78, 5) is 16.6. The van der Waals surface area contributed by atoms with Gasteiger partial charge in [0.05, 0.1) is 11.3 Å². The van der Waals surface area contributed by atoms with Crippen molar-refractivity contribution >= 4 is 5.97 Å². The first-order valence-corrected chi connectivity index (χ1v) is 7.04. The molecule has 108 valence electrons. The molecule has 0 aliphatic heterocycles. The number of nitrogens with zero attached hydrogens (tertiary/aromatic N) is 1. The van der Waals surface area contributed by atoms with Gasteiger partial charge < -0.3 is 4.74 Å². The first-order chi connectivity index (χ1) is 10.8. The number of rotatable bonds is 3. The molecule has 0 bridgehead atoms. The lowest BCUT2D eigenvalue weighted by Gasteiger charge is -2.12. The van der Waals surface area contributed by atoms with Gasteiger partial charge in [0, 0.05) is 11.8 Å². The minimum Gasteiger partial charge on any atom is -0.422 e. The van der Waals surface area contributed by atoms with Gasteiger partial charge in [-0.1, -0.05) is 36.4 Å². The van der Waals surface area contributed by atoms with Gasteiger partial charge in [-0.2, -0.15) is 0 Å². The van der Waals surface area contributed by atoms with Gasteiger partial charge >= 0.3 is 5.97 Å². The van der Waals surface area contributed by atoms with Gasteiger partial charge in [-0.3, -0.25) is 4.98 Å². The third kappa shape index (κ3) is 2.88. The smallest absolute Gasteiger partial charge is 0.343 e. The second-order valence-corrected chi connectivity index (χ2v) is 4.92.